The summed E-state index contributed by atoms with van der Waals surface area (Å²) in [6.45, 7) is 0. The highest BCUT2D eigenvalue weighted by molar-refractivity contribution is 5.94. The van der Waals surface area contributed by atoms with E-state index in [-0.39, 0.29) is 23.9 Å². The van der Waals surface area contributed by atoms with Crippen LogP contribution in [-0.4, -0.2) is 18.1 Å². The van der Waals surface area contributed by atoms with Gasteiger partial charge < -0.3 is 11.1 Å². The van der Waals surface area contributed by atoms with Crippen molar-refractivity contribution >= 4 is 11.6 Å². The van der Waals surface area contributed by atoms with Crippen LogP contribution in [0.4, 0.5) is 10.1 Å². The molecule has 0 radical (unpaired) electrons. The fourth-order valence-corrected chi connectivity index (χ4v) is 1.51. The number of hydrazine groups is 1. The molecule has 16 heavy (non-hydrogen) atoms. The molecular weight excluding hydrogens is 211 g/mol. The van der Waals surface area contributed by atoms with E-state index >= 15 is 0 Å². The van der Waals surface area contributed by atoms with Crippen LogP contribution < -0.4 is 21.9 Å². The Kier molecular flexibility index (Phi) is 3.14. The van der Waals surface area contributed by atoms with Crippen molar-refractivity contribution in [1.82, 2.24) is 10.9 Å². The molecule has 0 aromatic heterocycles. The Hall–Kier alpha value is -1.50. The molecule has 5 N–H and O–H groups in total. The molecule has 1 aliphatic rings. The van der Waals surface area contributed by atoms with Gasteiger partial charge in [-0.15, -0.1) is 0 Å². The normalized spacial score (nSPS) is 24.4. The summed E-state index contributed by atoms with van der Waals surface area (Å²) in [5, 5.41) is 2.67. The molecule has 0 bridgehead atoms. The summed E-state index contributed by atoms with van der Waals surface area (Å²) in [5.41, 5.74) is 11.7. The summed E-state index contributed by atoms with van der Waals surface area (Å²) in [7, 11) is 0. The number of carbonyl (C=O) groups is 1. The fraction of sp³-hybridized carbons (Fsp3) is 0.300. The first-order valence-corrected chi connectivity index (χ1v) is 4.98. The van der Waals surface area contributed by atoms with Crippen molar-refractivity contribution in [3.8, 4) is 0 Å². The van der Waals surface area contributed by atoms with E-state index in [9.17, 15) is 9.18 Å². The van der Waals surface area contributed by atoms with Crippen molar-refractivity contribution in [2.24, 2.45) is 5.73 Å². The summed E-state index contributed by atoms with van der Waals surface area (Å²) in [4.78, 5) is 11.7. The Labute approximate surface area is 92.2 Å². The summed E-state index contributed by atoms with van der Waals surface area (Å²) in [6.07, 6.45) is 0.302. The number of halogens is 1. The molecule has 1 fully saturated rings. The minimum absolute atomic E-state index is 0.188. The number of nitrogens with one attached hydrogen (secondary N) is 3. The molecule has 1 saturated heterocycles. The van der Waals surface area contributed by atoms with Crippen LogP contribution in [0.1, 0.15) is 6.42 Å². The van der Waals surface area contributed by atoms with Crippen LogP contribution in [0.15, 0.2) is 24.3 Å². The van der Waals surface area contributed by atoms with E-state index in [0.717, 1.165) is 0 Å². The zero-order valence-corrected chi connectivity index (χ0v) is 8.53. The number of nitrogens with two attached hydrogens (primary N) is 1. The minimum atomic E-state index is -0.361. The topological polar surface area (TPSA) is 79.2 Å². The lowest BCUT2D eigenvalue weighted by Gasteiger charge is -2.10. The third-order valence-electron chi connectivity index (χ3n) is 2.36. The van der Waals surface area contributed by atoms with Crippen LogP contribution in [0.25, 0.3) is 0 Å². The summed E-state index contributed by atoms with van der Waals surface area (Å²) in [5.74, 6) is -0.521. The fourth-order valence-electron chi connectivity index (χ4n) is 1.51. The number of amides is 1. The van der Waals surface area contributed by atoms with Crippen LogP contribution in [0.2, 0.25) is 0 Å². The second-order valence-electron chi connectivity index (χ2n) is 3.68. The van der Waals surface area contributed by atoms with Gasteiger partial charge in [0.15, 0.2) is 0 Å². The minimum Gasteiger partial charge on any atom is -0.325 e. The van der Waals surface area contributed by atoms with Gasteiger partial charge in [0.2, 0.25) is 5.91 Å². The van der Waals surface area contributed by atoms with Crippen LogP contribution in [0.3, 0.4) is 0 Å². The maximum Gasteiger partial charge on any atom is 0.242 e. The standard InChI is InChI=1S/C10H13FN4O/c11-6-1-3-7(4-2-6)13-10(16)8-5-9(12)15-14-8/h1-4,8-9,14-15H,5,12H2,(H,13,16). The van der Waals surface area contributed by atoms with Crippen molar-refractivity contribution in [3.05, 3.63) is 30.1 Å². The van der Waals surface area contributed by atoms with Crippen molar-refractivity contribution in [2.45, 2.75) is 18.6 Å². The molecule has 1 heterocycles. The van der Waals surface area contributed by atoms with Crippen molar-refractivity contribution in [3.63, 3.8) is 0 Å². The molecule has 2 unspecified atom stereocenters. The molecule has 5 nitrogen and oxygen atoms in total. The highest BCUT2D eigenvalue weighted by atomic mass is 19.1. The predicted octanol–water partition coefficient (Wildman–Crippen LogP) is -0.0845. The summed E-state index contributed by atoms with van der Waals surface area (Å²) >= 11 is 0. The smallest absolute Gasteiger partial charge is 0.242 e. The first kappa shape index (κ1) is 11.0. The largest absolute Gasteiger partial charge is 0.325 e. The van der Waals surface area contributed by atoms with E-state index < -0.39 is 0 Å². The van der Waals surface area contributed by atoms with Crippen LogP contribution in [-0.2, 0) is 4.79 Å². The maximum absolute atomic E-state index is 12.6. The molecule has 6 heteroatoms. The number of benzene rings is 1. The van der Waals surface area contributed by atoms with E-state index in [0.29, 0.717) is 12.1 Å². The number of hydrogen-bond donors (Lipinski definition) is 4. The van der Waals surface area contributed by atoms with E-state index in [4.69, 9.17) is 5.73 Å². The number of carbonyl (C=O) groups excluding carboxylic acids is 1. The monoisotopic (exact) mass is 224 g/mol. The summed E-state index contributed by atoms with van der Waals surface area (Å²) < 4.78 is 12.6. The number of rotatable bonds is 2. The van der Waals surface area contributed by atoms with Crippen molar-refractivity contribution in [2.75, 3.05) is 5.32 Å². The third-order valence-corrected chi connectivity index (χ3v) is 2.36. The van der Waals surface area contributed by atoms with E-state index in [1.54, 1.807) is 0 Å². The Morgan fingerprint density at radius 3 is 2.62 bits per heavy atom. The molecular formula is C10H13FN4O. The molecule has 86 valence electrons. The van der Waals surface area contributed by atoms with Gasteiger partial charge in [0.1, 0.15) is 11.9 Å². The molecule has 1 aromatic rings. The first-order valence-electron chi connectivity index (χ1n) is 4.98. The van der Waals surface area contributed by atoms with Gasteiger partial charge in [0.05, 0.1) is 6.17 Å². The molecule has 0 saturated carbocycles. The van der Waals surface area contributed by atoms with Crippen molar-refractivity contribution in [1.29, 1.82) is 0 Å². The van der Waals surface area contributed by atoms with Gasteiger partial charge in [-0.25, -0.2) is 15.2 Å². The van der Waals surface area contributed by atoms with Crippen molar-refractivity contribution < 1.29 is 9.18 Å². The van der Waals surface area contributed by atoms with Crippen LogP contribution in [0.5, 0.6) is 0 Å². The van der Waals surface area contributed by atoms with E-state index in [1.807, 2.05) is 0 Å². The Balaban J connectivity index is 1.94. The zero-order chi connectivity index (χ0) is 11.5. The van der Waals surface area contributed by atoms with Crippen LogP contribution >= 0.6 is 0 Å². The lowest BCUT2D eigenvalue weighted by Crippen LogP contribution is -2.41. The highest BCUT2D eigenvalue weighted by Crippen LogP contribution is 2.10. The van der Waals surface area contributed by atoms with Gasteiger partial charge in [0, 0.05) is 12.1 Å². The highest BCUT2D eigenvalue weighted by Gasteiger charge is 2.26. The zero-order valence-electron chi connectivity index (χ0n) is 8.53. The molecule has 2 rings (SSSR count). The van der Waals surface area contributed by atoms with Gasteiger partial charge >= 0.3 is 0 Å². The van der Waals surface area contributed by atoms with Gasteiger partial charge in [0.25, 0.3) is 0 Å². The number of anilines is 1. The molecule has 2 atom stereocenters. The van der Waals surface area contributed by atoms with Crippen LogP contribution in [0, 0.1) is 5.82 Å². The SMILES string of the molecule is NC1CC(C(=O)Nc2ccc(F)cc2)NN1. The lowest BCUT2D eigenvalue weighted by molar-refractivity contribution is -0.117. The van der Waals surface area contributed by atoms with E-state index in [2.05, 4.69) is 16.2 Å². The van der Waals surface area contributed by atoms with Gasteiger partial charge in [-0.2, -0.15) is 0 Å². The molecule has 0 spiro atoms. The van der Waals surface area contributed by atoms with Gasteiger partial charge in [-0.3, -0.25) is 4.79 Å². The summed E-state index contributed by atoms with van der Waals surface area (Å²) in [6, 6.07) is 5.24. The average molecular weight is 224 g/mol. The van der Waals surface area contributed by atoms with Gasteiger partial charge in [-0.1, -0.05) is 0 Å². The first-order chi connectivity index (χ1) is 7.65. The maximum atomic E-state index is 12.6. The third kappa shape index (κ3) is 2.54. The van der Waals surface area contributed by atoms with Gasteiger partial charge in [-0.05, 0) is 24.3 Å². The molecule has 1 aliphatic heterocycles. The number of hydrogen-bond acceptors (Lipinski definition) is 4. The Morgan fingerprint density at radius 1 is 1.38 bits per heavy atom. The lowest BCUT2D eigenvalue weighted by atomic mass is 10.2. The second-order valence-corrected chi connectivity index (χ2v) is 3.68. The second kappa shape index (κ2) is 4.56. The molecule has 1 amide bonds. The predicted molar refractivity (Wildman–Crippen MR) is 57.7 cm³/mol. The average Bonchev–Trinajstić information content (AvgIpc) is 2.68. The van der Waals surface area contributed by atoms with E-state index in [1.165, 1.54) is 24.3 Å². The molecule has 0 aliphatic carbocycles. The molecule has 1 aromatic carbocycles. The quantitative estimate of drug-likeness (QED) is 0.566. The Morgan fingerprint density at radius 2 is 2.06 bits per heavy atom. The Bertz CT molecular complexity index is 381.